The van der Waals surface area contributed by atoms with Gasteiger partial charge in [0.05, 0.1) is 6.61 Å². The SMILES string of the molecule is CO/N=C/C(=O)NOCC1CCCCC1. The van der Waals surface area contributed by atoms with Gasteiger partial charge in [-0.25, -0.2) is 5.48 Å². The molecule has 15 heavy (non-hydrogen) atoms. The highest BCUT2D eigenvalue weighted by Crippen LogP contribution is 2.23. The normalized spacial score (nSPS) is 17.9. The quantitative estimate of drug-likeness (QED) is 0.553. The van der Waals surface area contributed by atoms with Crippen LogP contribution in [0, 0.1) is 5.92 Å². The maximum atomic E-state index is 11.0. The molecule has 0 bridgehead atoms. The Morgan fingerprint density at radius 1 is 1.47 bits per heavy atom. The third-order valence-corrected chi connectivity index (χ3v) is 2.49. The van der Waals surface area contributed by atoms with E-state index >= 15 is 0 Å². The molecule has 1 amide bonds. The second-order valence-corrected chi connectivity index (χ2v) is 3.70. The van der Waals surface area contributed by atoms with Gasteiger partial charge < -0.3 is 4.84 Å². The van der Waals surface area contributed by atoms with E-state index in [0.29, 0.717) is 12.5 Å². The number of hydrogen-bond donors (Lipinski definition) is 1. The van der Waals surface area contributed by atoms with Crippen LogP contribution in [0.25, 0.3) is 0 Å². The molecule has 5 nitrogen and oxygen atoms in total. The summed E-state index contributed by atoms with van der Waals surface area (Å²) >= 11 is 0. The molecule has 1 N–H and O–H groups in total. The van der Waals surface area contributed by atoms with E-state index in [9.17, 15) is 4.79 Å². The van der Waals surface area contributed by atoms with Crippen LogP contribution in [-0.4, -0.2) is 25.8 Å². The van der Waals surface area contributed by atoms with Crippen molar-refractivity contribution >= 4 is 12.1 Å². The van der Waals surface area contributed by atoms with Crippen LogP contribution >= 0.6 is 0 Å². The Balaban J connectivity index is 2.04. The van der Waals surface area contributed by atoms with Crippen molar-refractivity contribution in [3.05, 3.63) is 0 Å². The highest BCUT2D eigenvalue weighted by atomic mass is 16.7. The van der Waals surface area contributed by atoms with Gasteiger partial charge in [-0.2, -0.15) is 0 Å². The molecular weight excluding hydrogens is 196 g/mol. The van der Waals surface area contributed by atoms with E-state index in [1.165, 1.54) is 39.2 Å². The van der Waals surface area contributed by atoms with Crippen molar-refractivity contribution in [3.63, 3.8) is 0 Å². The highest BCUT2D eigenvalue weighted by Gasteiger charge is 2.13. The number of hydroxylamine groups is 1. The van der Waals surface area contributed by atoms with E-state index in [1.807, 2.05) is 0 Å². The molecule has 1 saturated carbocycles. The van der Waals surface area contributed by atoms with Crippen LogP contribution in [0.1, 0.15) is 32.1 Å². The first-order valence-electron chi connectivity index (χ1n) is 5.31. The minimum atomic E-state index is -0.396. The van der Waals surface area contributed by atoms with Crippen LogP contribution in [0.3, 0.4) is 0 Å². The van der Waals surface area contributed by atoms with E-state index in [1.54, 1.807) is 0 Å². The molecule has 0 radical (unpaired) electrons. The molecule has 0 heterocycles. The average Bonchev–Trinajstić information content (AvgIpc) is 2.28. The van der Waals surface area contributed by atoms with Gasteiger partial charge in [-0.1, -0.05) is 24.4 Å². The third-order valence-electron chi connectivity index (χ3n) is 2.49. The lowest BCUT2D eigenvalue weighted by Gasteiger charge is -2.20. The fraction of sp³-hybridized carbons (Fsp3) is 0.800. The monoisotopic (exact) mass is 214 g/mol. The van der Waals surface area contributed by atoms with Gasteiger partial charge in [-0.15, -0.1) is 0 Å². The van der Waals surface area contributed by atoms with E-state index in [2.05, 4.69) is 15.5 Å². The summed E-state index contributed by atoms with van der Waals surface area (Å²) in [6, 6.07) is 0. The summed E-state index contributed by atoms with van der Waals surface area (Å²) in [7, 11) is 1.38. The zero-order valence-electron chi connectivity index (χ0n) is 9.07. The molecule has 0 unspecified atom stereocenters. The molecule has 0 saturated heterocycles. The largest absolute Gasteiger partial charge is 0.399 e. The van der Waals surface area contributed by atoms with E-state index < -0.39 is 5.91 Å². The molecule has 0 aromatic carbocycles. The van der Waals surface area contributed by atoms with Crippen molar-refractivity contribution in [1.82, 2.24) is 5.48 Å². The first kappa shape index (κ1) is 12.0. The first-order valence-corrected chi connectivity index (χ1v) is 5.31. The molecule has 0 aliphatic heterocycles. The topological polar surface area (TPSA) is 59.9 Å². The number of carbonyl (C=O) groups is 1. The van der Waals surface area contributed by atoms with Crippen LogP contribution in [0.2, 0.25) is 0 Å². The maximum absolute atomic E-state index is 11.0. The van der Waals surface area contributed by atoms with E-state index in [0.717, 1.165) is 6.21 Å². The second-order valence-electron chi connectivity index (χ2n) is 3.70. The van der Waals surface area contributed by atoms with E-state index in [-0.39, 0.29) is 0 Å². The summed E-state index contributed by atoms with van der Waals surface area (Å²) in [6.07, 6.45) is 7.30. The molecule has 0 aromatic heterocycles. The summed E-state index contributed by atoms with van der Waals surface area (Å²) in [5.74, 6) is 0.186. The number of carbonyl (C=O) groups excluding carboxylic acids is 1. The van der Waals surface area contributed by atoms with Crippen LogP contribution in [0.5, 0.6) is 0 Å². The summed E-state index contributed by atoms with van der Waals surface area (Å²) < 4.78 is 0. The summed E-state index contributed by atoms with van der Waals surface area (Å²) in [5, 5.41) is 3.32. The van der Waals surface area contributed by atoms with Crippen LogP contribution in [0.15, 0.2) is 5.16 Å². The Hall–Kier alpha value is -1.10. The lowest BCUT2D eigenvalue weighted by molar-refractivity contribution is -0.127. The minimum absolute atomic E-state index is 0.396. The van der Waals surface area contributed by atoms with Gasteiger partial charge in [0.25, 0.3) is 5.91 Å². The zero-order valence-corrected chi connectivity index (χ0v) is 9.07. The number of nitrogens with one attached hydrogen (secondary N) is 1. The predicted molar refractivity (Wildman–Crippen MR) is 56.2 cm³/mol. The number of oxime groups is 1. The zero-order chi connectivity index (χ0) is 10.9. The minimum Gasteiger partial charge on any atom is -0.399 e. The molecule has 86 valence electrons. The van der Waals surface area contributed by atoms with Crippen molar-refractivity contribution in [3.8, 4) is 0 Å². The van der Waals surface area contributed by atoms with Crippen LogP contribution in [-0.2, 0) is 14.5 Å². The Bertz CT molecular complexity index is 213. The van der Waals surface area contributed by atoms with E-state index in [4.69, 9.17) is 4.84 Å². The van der Waals surface area contributed by atoms with Crippen LogP contribution < -0.4 is 5.48 Å². The Kier molecular flexibility index (Phi) is 5.77. The van der Waals surface area contributed by atoms with Gasteiger partial charge in [-0.3, -0.25) is 9.63 Å². The molecule has 1 aliphatic carbocycles. The van der Waals surface area contributed by atoms with Crippen molar-refractivity contribution in [1.29, 1.82) is 0 Å². The smallest absolute Gasteiger partial charge is 0.289 e. The Morgan fingerprint density at radius 3 is 2.87 bits per heavy atom. The first-order chi connectivity index (χ1) is 7.33. The van der Waals surface area contributed by atoms with Gasteiger partial charge in [0.1, 0.15) is 13.3 Å². The summed E-state index contributed by atoms with van der Waals surface area (Å²) in [5.41, 5.74) is 2.30. The number of rotatable bonds is 5. The predicted octanol–water partition coefficient (Wildman–Crippen LogP) is 1.25. The van der Waals surface area contributed by atoms with Gasteiger partial charge in [-0.05, 0) is 18.8 Å². The summed E-state index contributed by atoms with van der Waals surface area (Å²) in [6.45, 7) is 0.590. The molecule has 5 heteroatoms. The van der Waals surface area contributed by atoms with Crippen molar-refractivity contribution in [2.45, 2.75) is 32.1 Å². The Morgan fingerprint density at radius 2 is 2.20 bits per heavy atom. The van der Waals surface area contributed by atoms with Gasteiger partial charge in [0.2, 0.25) is 0 Å². The highest BCUT2D eigenvalue weighted by molar-refractivity contribution is 6.25. The van der Waals surface area contributed by atoms with Crippen molar-refractivity contribution in [2.24, 2.45) is 11.1 Å². The lowest BCUT2D eigenvalue weighted by Crippen LogP contribution is -2.28. The van der Waals surface area contributed by atoms with Gasteiger partial charge in [0, 0.05) is 0 Å². The molecular formula is C10H18N2O3. The summed E-state index contributed by atoms with van der Waals surface area (Å²) in [4.78, 5) is 20.4. The Labute approximate surface area is 89.8 Å². The standard InChI is InChI=1S/C10H18N2O3/c1-14-11-7-10(13)12-15-8-9-5-3-2-4-6-9/h7,9H,2-6,8H2,1H3,(H,12,13)/b11-7+. The van der Waals surface area contributed by atoms with Gasteiger partial charge in [0.15, 0.2) is 0 Å². The molecule has 0 spiro atoms. The fourth-order valence-corrected chi connectivity index (χ4v) is 1.71. The molecule has 1 aliphatic rings. The van der Waals surface area contributed by atoms with Crippen LogP contribution in [0.4, 0.5) is 0 Å². The van der Waals surface area contributed by atoms with Crippen molar-refractivity contribution in [2.75, 3.05) is 13.7 Å². The molecule has 0 atom stereocenters. The van der Waals surface area contributed by atoms with Gasteiger partial charge >= 0.3 is 0 Å². The number of nitrogens with zero attached hydrogens (tertiary/aromatic N) is 1. The lowest BCUT2D eigenvalue weighted by atomic mass is 9.90. The fourth-order valence-electron chi connectivity index (χ4n) is 1.71. The molecule has 1 fully saturated rings. The number of amides is 1. The second kappa shape index (κ2) is 7.23. The molecule has 0 aromatic rings. The average molecular weight is 214 g/mol. The van der Waals surface area contributed by atoms with Crippen molar-refractivity contribution < 1.29 is 14.5 Å². The third kappa shape index (κ3) is 5.37. The molecule has 1 rings (SSSR count). The number of hydrogen-bond acceptors (Lipinski definition) is 4. The maximum Gasteiger partial charge on any atom is 0.289 e.